The number of anilines is 1. The summed E-state index contributed by atoms with van der Waals surface area (Å²) in [5.74, 6) is 1.89. The van der Waals surface area contributed by atoms with Crippen molar-refractivity contribution in [1.82, 2.24) is 25.4 Å². The smallest absolute Gasteiger partial charge is 0.244 e. The molecule has 1 atom stereocenters. The van der Waals surface area contributed by atoms with E-state index in [1.165, 1.54) is 25.9 Å². The number of H-pyrrole nitrogens is 1. The maximum Gasteiger partial charge on any atom is 0.244 e. The second-order valence-corrected chi connectivity index (χ2v) is 5.68. The summed E-state index contributed by atoms with van der Waals surface area (Å²) in [6.07, 6.45) is 3.68. The van der Waals surface area contributed by atoms with E-state index in [0.29, 0.717) is 6.04 Å². The van der Waals surface area contributed by atoms with E-state index in [9.17, 15) is 0 Å². The second kappa shape index (κ2) is 5.88. The zero-order valence-electron chi connectivity index (χ0n) is 11.7. The van der Waals surface area contributed by atoms with Crippen LogP contribution in [-0.2, 0) is 6.42 Å². The van der Waals surface area contributed by atoms with Crippen LogP contribution in [0.1, 0.15) is 25.6 Å². The van der Waals surface area contributed by atoms with Gasteiger partial charge < -0.3 is 15.1 Å². The standard InChI is InChI=1S/C13H24N6/c1-11-10-19(9-5-14-11)13-15-12(16-17-13)4-8-18-6-2-3-7-18/h11,14H,2-10H2,1H3,(H,15,16,17). The summed E-state index contributed by atoms with van der Waals surface area (Å²) in [5, 5.41) is 10.9. The summed E-state index contributed by atoms with van der Waals surface area (Å²) in [4.78, 5) is 9.40. The molecule has 106 valence electrons. The van der Waals surface area contributed by atoms with Gasteiger partial charge in [0.2, 0.25) is 5.95 Å². The third-order valence-electron chi connectivity index (χ3n) is 4.04. The van der Waals surface area contributed by atoms with Crippen molar-refractivity contribution in [2.24, 2.45) is 0 Å². The largest absolute Gasteiger partial charge is 0.337 e. The summed E-state index contributed by atoms with van der Waals surface area (Å²) >= 11 is 0. The first-order valence-electron chi connectivity index (χ1n) is 7.43. The van der Waals surface area contributed by atoms with E-state index >= 15 is 0 Å². The molecule has 1 aromatic heterocycles. The number of nitrogens with one attached hydrogen (secondary N) is 2. The van der Waals surface area contributed by atoms with Gasteiger partial charge in [-0.25, -0.2) is 0 Å². The third-order valence-corrected chi connectivity index (χ3v) is 4.04. The van der Waals surface area contributed by atoms with Gasteiger partial charge in [0.1, 0.15) is 5.82 Å². The maximum atomic E-state index is 4.63. The Hall–Kier alpha value is -1.14. The van der Waals surface area contributed by atoms with Crippen LogP contribution >= 0.6 is 0 Å². The fourth-order valence-corrected chi connectivity index (χ4v) is 2.92. The van der Waals surface area contributed by atoms with Crippen molar-refractivity contribution in [2.45, 2.75) is 32.2 Å². The van der Waals surface area contributed by atoms with Crippen LogP contribution < -0.4 is 10.2 Å². The Morgan fingerprint density at radius 1 is 1.26 bits per heavy atom. The molecule has 2 aliphatic heterocycles. The third kappa shape index (κ3) is 3.25. The van der Waals surface area contributed by atoms with Crippen LogP contribution in [-0.4, -0.2) is 65.4 Å². The highest BCUT2D eigenvalue weighted by Crippen LogP contribution is 2.11. The highest BCUT2D eigenvalue weighted by Gasteiger charge is 2.19. The van der Waals surface area contributed by atoms with E-state index in [1.807, 2.05) is 0 Å². The van der Waals surface area contributed by atoms with Crippen LogP contribution in [0.3, 0.4) is 0 Å². The van der Waals surface area contributed by atoms with E-state index in [4.69, 9.17) is 0 Å². The van der Waals surface area contributed by atoms with Crippen molar-refractivity contribution in [3.8, 4) is 0 Å². The molecule has 3 rings (SSSR count). The van der Waals surface area contributed by atoms with Crippen LogP contribution in [0.2, 0.25) is 0 Å². The van der Waals surface area contributed by atoms with Gasteiger partial charge in [0, 0.05) is 38.6 Å². The van der Waals surface area contributed by atoms with Crippen molar-refractivity contribution in [1.29, 1.82) is 0 Å². The molecule has 2 N–H and O–H groups in total. The number of aromatic nitrogens is 3. The number of nitrogens with zero attached hydrogens (tertiary/aromatic N) is 4. The van der Waals surface area contributed by atoms with Gasteiger partial charge in [-0.3, -0.25) is 5.10 Å². The molecular weight excluding hydrogens is 240 g/mol. The van der Waals surface area contributed by atoms with Crippen molar-refractivity contribution >= 4 is 5.95 Å². The molecule has 2 aliphatic rings. The molecule has 1 aromatic rings. The Kier molecular flexibility index (Phi) is 3.98. The molecule has 0 amide bonds. The molecule has 3 heterocycles. The molecule has 2 saturated heterocycles. The Labute approximate surface area is 114 Å². The number of likely N-dealkylation sites (tertiary alicyclic amines) is 1. The molecule has 6 heteroatoms. The highest BCUT2D eigenvalue weighted by atomic mass is 15.4. The molecule has 0 radical (unpaired) electrons. The summed E-state index contributed by atoms with van der Waals surface area (Å²) in [6, 6.07) is 0.514. The fourth-order valence-electron chi connectivity index (χ4n) is 2.92. The molecule has 1 unspecified atom stereocenters. The van der Waals surface area contributed by atoms with Crippen LogP contribution in [0.4, 0.5) is 5.95 Å². The molecule has 0 aliphatic carbocycles. The van der Waals surface area contributed by atoms with E-state index in [2.05, 4.69) is 37.2 Å². The lowest BCUT2D eigenvalue weighted by Gasteiger charge is -2.30. The lowest BCUT2D eigenvalue weighted by atomic mass is 10.2. The molecule has 19 heavy (non-hydrogen) atoms. The van der Waals surface area contributed by atoms with Crippen LogP contribution in [0.25, 0.3) is 0 Å². The minimum atomic E-state index is 0.514. The lowest BCUT2D eigenvalue weighted by Crippen LogP contribution is -2.49. The van der Waals surface area contributed by atoms with Gasteiger partial charge >= 0.3 is 0 Å². The summed E-state index contributed by atoms with van der Waals surface area (Å²) in [7, 11) is 0. The van der Waals surface area contributed by atoms with Crippen LogP contribution in [0, 0.1) is 0 Å². The Bertz CT molecular complexity index is 398. The quantitative estimate of drug-likeness (QED) is 0.816. The Morgan fingerprint density at radius 3 is 2.89 bits per heavy atom. The minimum absolute atomic E-state index is 0.514. The topological polar surface area (TPSA) is 60.1 Å². The zero-order chi connectivity index (χ0) is 13.1. The van der Waals surface area contributed by atoms with E-state index in [0.717, 1.165) is 44.4 Å². The van der Waals surface area contributed by atoms with Gasteiger partial charge in [-0.05, 0) is 32.9 Å². The Balaban J connectivity index is 1.53. The SMILES string of the molecule is CC1CN(c2n[nH]c(CCN3CCCC3)n2)CCN1. The first-order chi connectivity index (χ1) is 9.31. The van der Waals surface area contributed by atoms with Gasteiger partial charge in [-0.1, -0.05) is 0 Å². The molecule has 6 nitrogen and oxygen atoms in total. The van der Waals surface area contributed by atoms with Gasteiger partial charge in [-0.15, -0.1) is 5.10 Å². The van der Waals surface area contributed by atoms with Crippen molar-refractivity contribution in [3.05, 3.63) is 5.82 Å². The summed E-state index contributed by atoms with van der Waals surface area (Å²) in [5.41, 5.74) is 0. The van der Waals surface area contributed by atoms with E-state index < -0.39 is 0 Å². The van der Waals surface area contributed by atoms with Gasteiger partial charge in [0.25, 0.3) is 0 Å². The van der Waals surface area contributed by atoms with Crippen molar-refractivity contribution in [2.75, 3.05) is 44.2 Å². The normalized spacial score (nSPS) is 25.1. The van der Waals surface area contributed by atoms with Gasteiger partial charge in [0.05, 0.1) is 0 Å². The maximum absolute atomic E-state index is 4.63. The number of hydrogen-bond acceptors (Lipinski definition) is 5. The predicted molar refractivity (Wildman–Crippen MR) is 75.4 cm³/mol. The first-order valence-corrected chi connectivity index (χ1v) is 7.43. The molecule has 0 aromatic carbocycles. The molecule has 0 spiro atoms. The minimum Gasteiger partial charge on any atom is -0.337 e. The summed E-state index contributed by atoms with van der Waals surface area (Å²) in [6.45, 7) is 8.79. The fraction of sp³-hybridized carbons (Fsp3) is 0.846. The average Bonchev–Trinajstić information content (AvgIpc) is 3.08. The molecule has 0 bridgehead atoms. The lowest BCUT2D eigenvalue weighted by molar-refractivity contribution is 0.341. The van der Waals surface area contributed by atoms with Crippen molar-refractivity contribution < 1.29 is 0 Å². The van der Waals surface area contributed by atoms with Crippen molar-refractivity contribution in [3.63, 3.8) is 0 Å². The number of hydrogen-bond donors (Lipinski definition) is 2. The molecule has 2 fully saturated rings. The van der Waals surface area contributed by atoms with Gasteiger partial charge in [0.15, 0.2) is 0 Å². The number of piperazine rings is 1. The zero-order valence-corrected chi connectivity index (χ0v) is 11.7. The van der Waals surface area contributed by atoms with E-state index in [-0.39, 0.29) is 0 Å². The molecule has 0 saturated carbocycles. The monoisotopic (exact) mass is 264 g/mol. The van der Waals surface area contributed by atoms with Crippen LogP contribution in [0.15, 0.2) is 0 Å². The number of aromatic amines is 1. The highest BCUT2D eigenvalue weighted by molar-refractivity contribution is 5.30. The first kappa shape index (κ1) is 12.9. The van der Waals surface area contributed by atoms with Crippen LogP contribution in [0.5, 0.6) is 0 Å². The summed E-state index contributed by atoms with van der Waals surface area (Å²) < 4.78 is 0. The number of rotatable bonds is 4. The van der Waals surface area contributed by atoms with Gasteiger partial charge in [-0.2, -0.15) is 4.98 Å². The second-order valence-electron chi connectivity index (χ2n) is 5.68. The Morgan fingerprint density at radius 2 is 2.11 bits per heavy atom. The molecular formula is C13H24N6. The van der Waals surface area contributed by atoms with E-state index in [1.54, 1.807) is 0 Å². The predicted octanol–water partition coefficient (Wildman–Crippen LogP) is 0.241. The average molecular weight is 264 g/mol.